The fourth-order valence-corrected chi connectivity index (χ4v) is 7.59. The summed E-state index contributed by atoms with van der Waals surface area (Å²) in [7, 11) is 0. The predicted octanol–water partition coefficient (Wildman–Crippen LogP) is 5.44. The Labute approximate surface area is 207 Å². The molecule has 1 aromatic carbocycles. The van der Waals surface area contributed by atoms with Gasteiger partial charge < -0.3 is 10.1 Å². The monoisotopic (exact) mass is 482 g/mol. The molecule has 4 aliphatic carbocycles. The second-order valence-electron chi connectivity index (χ2n) is 11.3. The number of likely N-dealkylation sites (tertiary alicyclic amines) is 1. The van der Waals surface area contributed by atoms with Gasteiger partial charge in [-0.1, -0.05) is 18.0 Å². The standard InChI is InChI=1S/C27H35ClN4O2/c1-18-4-2-3-9-31(18)17-34-26-24(16-29-32(26)23-7-5-22(28)6-8-23)25(33)30-27-13-19-10-20(14-27)12-21(11-19)15-27/h5-8,16,18-21H,2-4,9-15,17H2,1H3,(H,30,33). The Hall–Kier alpha value is -2.05. The van der Waals surface area contributed by atoms with E-state index >= 15 is 0 Å². The van der Waals surface area contributed by atoms with Gasteiger partial charge >= 0.3 is 0 Å². The fourth-order valence-electron chi connectivity index (χ4n) is 7.46. The van der Waals surface area contributed by atoms with E-state index in [9.17, 15) is 4.79 Å². The summed E-state index contributed by atoms with van der Waals surface area (Å²) in [5.41, 5.74) is 1.31. The molecule has 1 unspecified atom stereocenters. The zero-order valence-corrected chi connectivity index (χ0v) is 20.8. The lowest BCUT2D eigenvalue weighted by molar-refractivity contribution is -0.0167. The summed E-state index contributed by atoms with van der Waals surface area (Å²) in [6.45, 7) is 3.73. The van der Waals surface area contributed by atoms with Crippen molar-refractivity contribution >= 4 is 17.5 Å². The molecule has 5 fully saturated rings. The molecule has 4 bridgehead atoms. The molecule has 1 saturated heterocycles. The van der Waals surface area contributed by atoms with E-state index in [4.69, 9.17) is 16.3 Å². The van der Waals surface area contributed by atoms with Crippen LogP contribution in [0.2, 0.25) is 5.02 Å². The minimum absolute atomic E-state index is 0.0488. The molecule has 1 N–H and O–H groups in total. The summed E-state index contributed by atoms with van der Waals surface area (Å²) >= 11 is 6.11. The lowest BCUT2D eigenvalue weighted by Crippen LogP contribution is -2.59. The average Bonchev–Trinajstić information content (AvgIpc) is 3.22. The second kappa shape index (κ2) is 8.87. The van der Waals surface area contributed by atoms with E-state index in [0.717, 1.165) is 49.2 Å². The Morgan fingerprint density at radius 3 is 2.44 bits per heavy atom. The van der Waals surface area contributed by atoms with E-state index in [-0.39, 0.29) is 11.4 Å². The Morgan fingerprint density at radius 1 is 1.12 bits per heavy atom. The number of ether oxygens (including phenoxy) is 1. The van der Waals surface area contributed by atoms with Gasteiger partial charge in [-0.2, -0.15) is 5.10 Å². The van der Waals surface area contributed by atoms with Gasteiger partial charge in [0, 0.05) is 23.1 Å². The van der Waals surface area contributed by atoms with Crippen LogP contribution in [0.1, 0.15) is 75.1 Å². The highest BCUT2D eigenvalue weighted by atomic mass is 35.5. The van der Waals surface area contributed by atoms with Crippen LogP contribution in [0.5, 0.6) is 5.88 Å². The third kappa shape index (κ3) is 4.24. The van der Waals surface area contributed by atoms with Crippen LogP contribution >= 0.6 is 11.6 Å². The van der Waals surface area contributed by atoms with E-state index in [1.165, 1.54) is 38.5 Å². The molecule has 1 aromatic heterocycles. The average molecular weight is 483 g/mol. The molecule has 2 heterocycles. The van der Waals surface area contributed by atoms with Crippen LogP contribution in [0.15, 0.2) is 30.5 Å². The van der Waals surface area contributed by atoms with E-state index in [1.807, 2.05) is 24.3 Å². The Balaban J connectivity index is 1.27. The molecule has 1 aliphatic heterocycles. The minimum atomic E-state index is -0.0520. The smallest absolute Gasteiger partial charge is 0.258 e. The number of amides is 1. The van der Waals surface area contributed by atoms with Crippen molar-refractivity contribution in [2.75, 3.05) is 13.3 Å². The first-order valence-corrected chi connectivity index (χ1v) is 13.4. The summed E-state index contributed by atoms with van der Waals surface area (Å²) in [6.07, 6.45) is 12.7. The first kappa shape index (κ1) is 22.4. The number of benzene rings is 1. The normalized spacial score (nSPS) is 32.6. The van der Waals surface area contributed by atoms with Crippen molar-refractivity contribution in [1.29, 1.82) is 0 Å². The third-order valence-corrected chi connectivity index (χ3v) is 9.02. The molecule has 4 saturated carbocycles. The zero-order valence-electron chi connectivity index (χ0n) is 20.0. The molecule has 2 aromatic rings. The van der Waals surface area contributed by atoms with Crippen LogP contribution in [0.4, 0.5) is 0 Å². The number of carbonyl (C=O) groups excluding carboxylic acids is 1. The van der Waals surface area contributed by atoms with Gasteiger partial charge in [0.25, 0.3) is 5.91 Å². The molecule has 182 valence electrons. The molecule has 5 aliphatic rings. The van der Waals surface area contributed by atoms with Crippen molar-refractivity contribution < 1.29 is 9.53 Å². The fraction of sp³-hybridized carbons (Fsp3) is 0.630. The third-order valence-electron chi connectivity index (χ3n) is 8.77. The minimum Gasteiger partial charge on any atom is -0.461 e. The number of rotatable bonds is 6. The van der Waals surface area contributed by atoms with Crippen molar-refractivity contribution in [3.8, 4) is 11.6 Å². The van der Waals surface area contributed by atoms with E-state index in [2.05, 4.69) is 22.2 Å². The van der Waals surface area contributed by atoms with Crippen molar-refractivity contribution in [1.82, 2.24) is 20.0 Å². The quantitative estimate of drug-likeness (QED) is 0.596. The number of hydrogen-bond acceptors (Lipinski definition) is 4. The van der Waals surface area contributed by atoms with E-state index in [1.54, 1.807) is 10.9 Å². The van der Waals surface area contributed by atoms with Crippen molar-refractivity contribution in [3.05, 3.63) is 41.0 Å². The molecule has 1 atom stereocenters. The molecule has 0 radical (unpaired) electrons. The first-order chi connectivity index (χ1) is 16.5. The van der Waals surface area contributed by atoms with Gasteiger partial charge in [0.15, 0.2) is 0 Å². The number of carbonyl (C=O) groups is 1. The molecular formula is C27H35ClN4O2. The number of aromatic nitrogens is 2. The number of nitrogens with one attached hydrogen (secondary N) is 1. The van der Waals surface area contributed by atoms with E-state index in [0.29, 0.717) is 29.2 Å². The summed E-state index contributed by atoms with van der Waals surface area (Å²) in [4.78, 5) is 16.0. The topological polar surface area (TPSA) is 59.4 Å². The van der Waals surface area contributed by atoms with Crippen LogP contribution in [-0.2, 0) is 0 Å². The summed E-state index contributed by atoms with van der Waals surface area (Å²) in [5.74, 6) is 2.80. The summed E-state index contributed by atoms with van der Waals surface area (Å²) in [6, 6.07) is 7.97. The predicted molar refractivity (Wildman–Crippen MR) is 132 cm³/mol. The van der Waals surface area contributed by atoms with Crippen LogP contribution in [0, 0.1) is 17.8 Å². The maximum absolute atomic E-state index is 13.7. The van der Waals surface area contributed by atoms with Gasteiger partial charge in [-0.25, -0.2) is 4.68 Å². The van der Waals surface area contributed by atoms with Crippen LogP contribution < -0.4 is 10.1 Å². The lowest BCUT2D eigenvalue weighted by atomic mass is 9.53. The summed E-state index contributed by atoms with van der Waals surface area (Å²) < 4.78 is 8.11. The molecule has 7 heteroatoms. The van der Waals surface area contributed by atoms with Gasteiger partial charge in [0.1, 0.15) is 12.3 Å². The molecular weight excluding hydrogens is 448 g/mol. The van der Waals surface area contributed by atoms with Crippen molar-refractivity contribution in [2.45, 2.75) is 76.3 Å². The molecule has 6 nitrogen and oxygen atoms in total. The Morgan fingerprint density at radius 2 is 1.79 bits per heavy atom. The first-order valence-electron chi connectivity index (χ1n) is 13.0. The van der Waals surface area contributed by atoms with Gasteiger partial charge in [-0.05, 0) is 100 Å². The lowest BCUT2D eigenvalue weighted by Gasteiger charge is -2.56. The molecule has 0 spiro atoms. The highest BCUT2D eigenvalue weighted by Crippen LogP contribution is 2.55. The Bertz CT molecular complexity index is 1010. The number of piperidine rings is 1. The SMILES string of the molecule is CC1CCCCN1COc1c(C(=O)NC23CC4CC(CC(C4)C2)C3)cnn1-c1ccc(Cl)cc1. The van der Waals surface area contributed by atoms with Crippen LogP contribution in [0.25, 0.3) is 5.69 Å². The van der Waals surface area contributed by atoms with E-state index < -0.39 is 0 Å². The van der Waals surface area contributed by atoms with Gasteiger partial charge in [0.05, 0.1) is 11.9 Å². The van der Waals surface area contributed by atoms with Gasteiger partial charge in [0.2, 0.25) is 5.88 Å². The van der Waals surface area contributed by atoms with Crippen molar-refractivity contribution in [2.24, 2.45) is 17.8 Å². The van der Waals surface area contributed by atoms with Gasteiger partial charge in [-0.15, -0.1) is 0 Å². The molecule has 7 rings (SSSR count). The summed E-state index contributed by atoms with van der Waals surface area (Å²) in [5, 5.41) is 8.75. The van der Waals surface area contributed by atoms with Crippen molar-refractivity contribution in [3.63, 3.8) is 0 Å². The maximum atomic E-state index is 13.7. The highest BCUT2D eigenvalue weighted by Gasteiger charge is 2.51. The van der Waals surface area contributed by atoms with Crippen LogP contribution in [-0.4, -0.2) is 45.4 Å². The largest absolute Gasteiger partial charge is 0.461 e. The second-order valence-corrected chi connectivity index (χ2v) is 11.8. The zero-order chi connectivity index (χ0) is 23.3. The molecule has 34 heavy (non-hydrogen) atoms. The van der Waals surface area contributed by atoms with Gasteiger partial charge in [-0.3, -0.25) is 9.69 Å². The maximum Gasteiger partial charge on any atom is 0.258 e. The number of halogens is 1. The van der Waals surface area contributed by atoms with Crippen LogP contribution in [0.3, 0.4) is 0 Å². The number of nitrogens with zero attached hydrogens (tertiary/aromatic N) is 3. The Kier molecular flexibility index (Phi) is 5.85. The highest BCUT2D eigenvalue weighted by molar-refractivity contribution is 6.30. The number of hydrogen-bond donors (Lipinski definition) is 1. The molecule has 1 amide bonds.